The molecule has 1 aliphatic rings. The van der Waals surface area contributed by atoms with Gasteiger partial charge in [-0.2, -0.15) is 0 Å². The normalized spacial score (nSPS) is 15.6. The van der Waals surface area contributed by atoms with Crippen LogP contribution in [0.2, 0.25) is 0 Å². The number of aromatic nitrogens is 5. The molecule has 1 aromatic carbocycles. The number of benzene rings is 1. The number of rotatable bonds is 4. The lowest BCUT2D eigenvalue weighted by molar-refractivity contribution is 0.340. The smallest absolute Gasteiger partial charge is 0.177 e. The maximum atomic E-state index is 13.8. The van der Waals surface area contributed by atoms with Gasteiger partial charge >= 0.3 is 0 Å². The lowest BCUT2D eigenvalue weighted by Crippen LogP contribution is -2.28. The second-order valence-corrected chi connectivity index (χ2v) is 7.56. The highest BCUT2D eigenvalue weighted by Gasteiger charge is 2.21. The highest BCUT2D eigenvalue weighted by Crippen LogP contribution is 2.31. The molecule has 3 aromatic heterocycles. The van der Waals surface area contributed by atoms with Crippen LogP contribution in [0.1, 0.15) is 25.0 Å². The molecule has 0 unspecified atom stereocenters. The molecule has 144 valence electrons. The van der Waals surface area contributed by atoms with Gasteiger partial charge in [-0.05, 0) is 57.3 Å². The topological polar surface area (TPSA) is 71.4 Å². The minimum atomic E-state index is -0.272. The van der Waals surface area contributed by atoms with Crippen molar-refractivity contribution in [1.82, 2.24) is 29.8 Å². The maximum Gasteiger partial charge on any atom is 0.177 e. The molecule has 6 nitrogen and oxygen atoms in total. The third-order valence-corrected chi connectivity index (χ3v) is 5.74. The van der Waals surface area contributed by atoms with Crippen molar-refractivity contribution in [2.75, 3.05) is 13.1 Å². The van der Waals surface area contributed by atoms with Gasteiger partial charge < -0.3 is 14.9 Å². The van der Waals surface area contributed by atoms with Gasteiger partial charge in [0, 0.05) is 30.4 Å². The summed E-state index contributed by atoms with van der Waals surface area (Å²) >= 11 is 0. The molecule has 0 saturated carbocycles. The average Bonchev–Trinajstić information content (AvgIpc) is 3.35. The minimum absolute atomic E-state index is 0.272. The number of H-pyrrole nitrogens is 1. The van der Waals surface area contributed by atoms with Crippen LogP contribution in [0.3, 0.4) is 0 Å². The average molecular weight is 378 g/mol. The van der Waals surface area contributed by atoms with Gasteiger partial charge in [-0.25, -0.2) is 14.4 Å². The van der Waals surface area contributed by atoms with E-state index in [-0.39, 0.29) is 5.82 Å². The first kappa shape index (κ1) is 17.3. The number of hydrogen-bond acceptors (Lipinski definition) is 4. The first-order valence-corrected chi connectivity index (χ1v) is 9.87. The van der Waals surface area contributed by atoms with Gasteiger partial charge in [0.15, 0.2) is 11.6 Å². The summed E-state index contributed by atoms with van der Waals surface area (Å²) in [6, 6.07) is 4.81. The molecular formula is C21H23FN6. The number of hydrogen-bond donors (Lipinski definition) is 2. The third-order valence-electron chi connectivity index (χ3n) is 5.74. The fourth-order valence-electron chi connectivity index (χ4n) is 4.28. The van der Waals surface area contributed by atoms with E-state index in [1.807, 2.05) is 19.2 Å². The summed E-state index contributed by atoms with van der Waals surface area (Å²) < 4.78 is 16.0. The van der Waals surface area contributed by atoms with Crippen LogP contribution in [0, 0.1) is 18.7 Å². The maximum absolute atomic E-state index is 13.8. The summed E-state index contributed by atoms with van der Waals surface area (Å²) in [6.07, 6.45) is 7.05. The Labute approximate surface area is 162 Å². The summed E-state index contributed by atoms with van der Waals surface area (Å²) in [5.74, 6) is 1.99. The summed E-state index contributed by atoms with van der Waals surface area (Å²) in [6.45, 7) is 4.97. The van der Waals surface area contributed by atoms with Crippen molar-refractivity contribution in [3.05, 3.63) is 42.1 Å². The first-order chi connectivity index (χ1) is 13.7. The molecule has 1 fully saturated rings. The van der Waals surface area contributed by atoms with Crippen LogP contribution in [0.4, 0.5) is 4.39 Å². The number of aryl methyl sites for hydroxylation is 2. The van der Waals surface area contributed by atoms with Crippen LogP contribution in [0.25, 0.3) is 33.6 Å². The number of aromatic amines is 1. The van der Waals surface area contributed by atoms with Gasteiger partial charge in [0.2, 0.25) is 0 Å². The van der Waals surface area contributed by atoms with E-state index in [0.29, 0.717) is 11.4 Å². The highest BCUT2D eigenvalue weighted by atomic mass is 19.1. The molecule has 4 aromatic rings. The van der Waals surface area contributed by atoms with Crippen LogP contribution >= 0.6 is 0 Å². The van der Waals surface area contributed by atoms with Gasteiger partial charge in [0.05, 0.1) is 16.7 Å². The van der Waals surface area contributed by atoms with Crippen LogP contribution < -0.4 is 5.32 Å². The zero-order chi connectivity index (χ0) is 19.1. The molecule has 0 aliphatic carbocycles. The lowest BCUT2D eigenvalue weighted by atomic mass is 9.94. The van der Waals surface area contributed by atoms with Crippen molar-refractivity contribution in [3.63, 3.8) is 0 Å². The van der Waals surface area contributed by atoms with Crippen molar-refractivity contribution in [2.24, 2.45) is 5.92 Å². The molecular weight excluding hydrogens is 355 g/mol. The summed E-state index contributed by atoms with van der Waals surface area (Å²) in [5, 5.41) is 4.36. The van der Waals surface area contributed by atoms with E-state index in [9.17, 15) is 4.39 Å². The Bertz CT molecular complexity index is 1130. The number of fused-ring (bicyclic) bond motifs is 3. The zero-order valence-electron chi connectivity index (χ0n) is 15.9. The van der Waals surface area contributed by atoms with E-state index < -0.39 is 0 Å². The van der Waals surface area contributed by atoms with Gasteiger partial charge in [-0.1, -0.05) is 0 Å². The van der Waals surface area contributed by atoms with Gasteiger partial charge in [0.25, 0.3) is 0 Å². The molecule has 0 spiro atoms. The Morgan fingerprint density at radius 1 is 1.21 bits per heavy atom. The Balaban J connectivity index is 1.69. The van der Waals surface area contributed by atoms with Gasteiger partial charge in [-0.3, -0.25) is 4.98 Å². The molecule has 2 N–H and O–H groups in total. The van der Waals surface area contributed by atoms with Gasteiger partial charge in [0.1, 0.15) is 11.3 Å². The Kier molecular flexibility index (Phi) is 4.31. The predicted octanol–water partition coefficient (Wildman–Crippen LogP) is 3.81. The standard InChI is InChI=1S/C21H23FN6/c1-13-18-19(16-3-2-15(22)12-17(16)26-13)28(11-6-14-4-7-23-8-5-14)21(27-18)20-24-9-10-25-20/h2-3,9-10,12,14,23H,4-8,11H2,1H3,(H,24,25). The second kappa shape index (κ2) is 6.98. The molecule has 1 aliphatic heterocycles. The van der Waals surface area contributed by atoms with E-state index in [2.05, 4.69) is 24.8 Å². The van der Waals surface area contributed by atoms with Crippen LogP contribution in [-0.2, 0) is 6.54 Å². The van der Waals surface area contributed by atoms with E-state index >= 15 is 0 Å². The van der Waals surface area contributed by atoms with Crippen molar-refractivity contribution in [3.8, 4) is 11.6 Å². The number of imidazole rings is 2. The SMILES string of the molecule is Cc1nc2cc(F)ccc2c2c1nc(-c1ncc[nH]1)n2CCC1CCNCC1. The Morgan fingerprint density at radius 3 is 2.86 bits per heavy atom. The predicted molar refractivity (Wildman–Crippen MR) is 108 cm³/mol. The summed E-state index contributed by atoms with van der Waals surface area (Å²) in [4.78, 5) is 17.1. The monoisotopic (exact) mass is 378 g/mol. The zero-order valence-corrected chi connectivity index (χ0v) is 15.9. The third kappa shape index (κ3) is 2.96. The quantitative estimate of drug-likeness (QED) is 0.566. The molecule has 28 heavy (non-hydrogen) atoms. The molecule has 4 heterocycles. The fourth-order valence-corrected chi connectivity index (χ4v) is 4.28. The highest BCUT2D eigenvalue weighted by molar-refractivity contribution is 6.04. The summed E-state index contributed by atoms with van der Waals surface area (Å²) in [5.41, 5.74) is 3.35. The number of nitrogens with zero attached hydrogens (tertiary/aromatic N) is 4. The number of piperidine rings is 1. The molecule has 1 saturated heterocycles. The molecule has 7 heteroatoms. The second-order valence-electron chi connectivity index (χ2n) is 7.56. The largest absolute Gasteiger partial charge is 0.342 e. The van der Waals surface area contributed by atoms with Crippen LogP contribution in [0.5, 0.6) is 0 Å². The molecule has 0 bridgehead atoms. The van der Waals surface area contributed by atoms with Crippen molar-refractivity contribution in [1.29, 1.82) is 0 Å². The molecule has 0 amide bonds. The van der Waals surface area contributed by atoms with E-state index in [4.69, 9.17) is 4.98 Å². The number of nitrogens with one attached hydrogen (secondary N) is 2. The Morgan fingerprint density at radius 2 is 2.07 bits per heavy atom. The fraction of sp³-hybridized carbons (Fsp3) is 0.381. The van der Waals surface area contributed by atoms with E-state index in [0.717, 1.165) is 59.8 Å². The molecule has 5 rings (SSSR count). The van der Waals surface area contributed by atoms with Crippen LogP contribution in [-0.4, -0.2) is 37.6 Å². The Hall–Kier alpha value is -2.80. The minimum Gasteiger partial charge on any atom is -0.342 e. The van der Waals surface area contributed by atoms with Crippen molar-refractivity contribution < 1.29 is 4.39 Å². The summed E-state index contributed by atoms with van der Waals surface area (Å²) in [7, 11) is 0. The lowest BCUT2D eigenvalue weighted by Gasteiger charge is -2.23. The molecule has 0 atom stereocenters. The van der Waals surface area contributed by atoms with Gasteiger partial charge in [-0.15, -0.1) is 0 Å². The first-order valence-electron chi connectivity index (χ1n) is 9.87. The van der Waals surface area contributed by atoms with Crippen LogP contribution in [0.15, 0.2) is 30.6 Å². The number of halogens is 1. The molecule has 0 radical (unpaired) electrons. The number of pyridine rings is 1. The van der Waals surface area contributed by atoms with E-state index in [1.165, 1.54) is 25.0 Å². The van der Waals surface area contributed by atoms with E-state index in [1.54, 1.807) is 6.20 Å². The van der Waals surface area contributed by atoms with Crippen molar-refractivity contribution >= 4 is 21.9 Å². The van der Waals surface area contributed by atoms with Crippen molar-refractivity contribution in [2.45, 2.75) is 32.7 Å².